The number of nitrogens with two attached hydrogens (primary N) is 1. The molecule has 1 heterocycles. The molecule has 5 heteroatoms. The Morgan fingerprint density at radius 1 is 1.83 bits per heavy atom. The zero-order chi connectivity index (χ0) is 8.27. The Labute approximate surface area is 81.6 Å². The summed E-state index contributed by atoms with van der Waals surface area (Å²) in [4.78, 5) is 0.836. The lowest BCUT2D eigenvalue weighted by molar-refractivity contribution is 0.751. The summed E-state index contributed by atoms with van der Waals surface area (Å²) < 4.78 is 2.01. The SMILES string of the molecule is C=CCn1c(C)cs/c1=N\N.Cl. The van der Waals surface area contributed by atoms with Crippen LogP contribution in [-0.2, 0) is 6.54 Å². The van der Waals surface area contributed by atoms with Gasteiger partial charge in [0.25, 0.3) is 0 Å². The highest BCUT2D eigenvalue weighted by atomic mass is 35.5. The van der Waals surface area contributed by atoms with Gasteiger partial charge in [0.15, 0.2) is 0 Å². The molecule has 1 aromatic heterocycles. The fourth-order valence-electron chi connectivity index (χ4n) is 0.867. The van der Waals surface area contributed by atoms with Gasteiger partial charge in [0.2, 0.25) is 4.80 Å². The predicted molar refractivity (Wildman–Crippen MR) is 54.2 cm³/mol. The van der Waals surface area contributed by atoms with Crippen molar-refractivity contribution in [3.05, 3.63) is 28.5 Å². The lowest BCUT2D eigenvalue weighted by Gasteiger charge is -1.98. The van der Waals surface area contributed by atoms with E-state index in [0.717, 1.165) is 11.3 Å². The molecule has 0 aromatic carbocycles. The van der Waals surface area contributed by atoms with Crippen molar-refractivity contribution in [3.8, 4) is 0 Å². The Kier molecular flexibility index (Phi) is 4.70. The van der Waals surface area contributed by atoms with Gasteiger partial charge in [-0.1, -0.05) is 6.08 Å². The molecular weight excluding hydrogens is 194 g/mol. The third-order valence-corrected chi connectivity index (χ3v) is 2.41. The minimum absolute atomic E-state index is 0. The van der Waals surface area contributed by atoms with E-state index in [4.69, 9.17) is 5.84 Å². The minimum Gasteiger partial charge on any atom is -0.320 e. The first-order valence-corrected chi connectivity index (χ1v) is 4.17. The van der Waals surface area contributed by atoms with Crippen LogP contribution in [0, 0.1) is 6.92 Å². The molecule has 2 N–H and O–H groups in total. The van der Waals surface area contributed by atoms with Crippen LogP contribution in [0.3, 0.4) is 0 Å². The van der Waals surface area contributed by atoms with E-state index in [1.54, 1.807) is 0 Å². The van der Waals surface area contributed by atoms with Gasteiger partial charge in [0.1, 0.15) is 0 Å². The molecular formula is C7H12ClN3S. The molecule has 0 aliphatic rings. The number of aryl methyl sites for hydroxylation is 1. The van der Waals surface area contributed by atoms with E-state index in [2.05, 4.69) is 11.7 Å². The molecule has 1 aromatic rings. The maximum atomic E-state index is 5.17. The van der Waals surface area contributed by atoms with Crippen LogP contribution in [0.5, 0.6) is 0 Å². The second-order valence-electron chi connectivity index (χ2n) is 2.19. The molecule has 12 heavy (non-hydrogen) atoms. The van der Waals surface area contributed by atoms with E-state index in [1.807, 2.05) is 22.9 Å². The van der Waals surface area contributed by atoms with Crippen molar-refractivity contribution in [3.63, 3.8) is 0 Å². The molecule has 0 bridgehead atoms. The lowest BCUT2D eigenvalue weighted by atomic mass is 10.5. The molecule has 68 valence electrons. The van der Waals surface area contributed by atoms with Gasteiger partial charge in [0.05, 0.1) is 0 Å². The van der Waals surface area contributed by atoms with Crippen molar-refractivity contribution in [2.75, 3.05) is 0 Å². The number of halogens is 1. The van der Waals surface area contributed by atoms with Gasteiger partial charge in [-0.25, -0.2) is 0 Å². The Morgan fingerprint density at radius 2 is 2.50 bits per heavy atom. The molecule has 0 fully saturated rings. The van der Waals surface area contributed by atoms with E-state index in [9.17, 15) is 0 Å². The molecule has 3 nitrogen and oxygen atoms in total. The summed E-state index contributed by atoms with van der Waals surface area (Å²) in [5.41, 5.74) is 1.17. The molecule has 0 spiro atoms. The van der Waals surface area contributed by atoms with Crippen LogP contribution in [0.15, 0.2) is 23.1 Å². The zero-order valence-electron chi connectivity index (χ0n) is 6.86. The standard InChI is InChI=1S/C7H11N3S.ClH/c1-3-4-10-6(2)5-11-7(10)9-8;/h3,5H,1,4,8H2,2H3;1H/b9-7-;. The summed E-state index contributed by atoms with van der Waals surface area (Å²) in [5.74, 6) is 5.17. The molecule has 0 amide bonds. The lowest BCUT2D eigenvalue weighted by Crippen LogP contribution is -2.16. The Hall–Kier alpha value is -0.740. The highest BCUT2D eigenvalue weighted by molar-refractivity contribution is 7.07. The zero-order valence-corrected chi connectivity index (χ0v) is 8.49. The quantitative estimate of drug-likeness (QED) is 0.441. The molecule has 0 aliphatic carbocycles. The maximum Gasteiger partial charge on any atom is 0.207 e. The third-order valence-electron chi connectivity index (χ3n) is 1.41. The van der Waals surface area contributed by atoms with Crippen molar-refractivity contribution < 1.29 is 0 Å². The fourth-order valence-corrected chi connectivity index (χ4v) is 1.68. The monoisotopic (exact) mass is 205 g/mol. The highest BCUT2D eigenvalue weighted by Gasteiger charge is 1.96. The van der Waals surface area contributed by atoms with Crippen molar-refractivity contribution in [1.82, 2.24) is 4.57 Å². The van der Waals surface area contributed by atoms with Crippen LogP contribution < -0.4 is 10.6 Å². The Morgan fingerprint density at radius 3 is 3.00 bits per heavy atom. The summed E-state index contributed by atoms with van der Waals surface area (Å²) in [5, 5.41) is 5.67. The van der Waals surface area contributed by atoms with Crippen molar-refractivity contribution in [2.45, 2.75) is 13.5 Å². The average Bonchev–Trinajstić information content (AvgIpc) is 2.34. The van der Waals surface area contributed by atoms with Crippen molar-refractivity contribution >= 4 is 23.7 Å². The van der Waals surface area contributed by atoms with Gasteiger partial charge in [-0.05, 0) is 6.92 Å². The summed E-state index contributed by atoms with van der Waals surface area (Å²) in [6.45, 7) is 6.45. The number of hydrogen-bond donors (Lipinski definition) is 1. The van der Waals surface area contributed by atoms with Crippen molar-refractivity contribution in [2.24, 2.45) is 10.9 Å². The fraction of sp³-hybridized carbons (Fsp3) is 0.286. The van der Waals surface area contributed by atoms with Crippen molar-refractivity contribution in [1.29, 1.82) is 0 Å². The van der Waals surface area contributed by atoms with Crippen LogP contribution in [0.4, 0.5) is 0 Å². The maximum absolute atomic E-state index is 5.17. The molecule has 0 atom stereocenters. The Balaban J connectivity index is 0.00000121. The predicted octanol–water partition coefficient (Wildman–Crippen LogP) is 1.24. The molecule has 0 saturated heterocycles. The molecule has 0 saturated carbocycles. The highest BCUT2D eigenvalue weighted by Crippen LogP contribution is 1.98. The number of nitrogens with zero attached hydrogens (tertiary/aromatic N) is 2. The van der Waals surface area contributed by atoms with Gasteiger partial charge in [0, 0.05) is 17.6 Å². The number of thiazole rings is 1. The van der Waals surface area contributed by atoms with Gasteiger partial charge in [-0.15, -0.1) is 30.3 Å². The topological polar surface area (TPSA) is 43.3 Å². The molecule has 0 unspecified atom stereocenters. The number of allylic oxidation sites excluding steroid dienone is 1. The van der Waals surface area contributed by atoms with Crippen LogP contribution in [-0.4, -0.2) is 4.57 Å². The van der Waals surface area contributed by atoms with Crippen LogP contribution in [0.2, 0.25) is 0 Å². The van der Waals surface area contributed by atoms with Gasteiger partial charge < -0.3 is 10.4 Å². The summed E-state index contributed by atoms with van der Waals surface area (Å²) in [6, 6.07) is 0. The average molecular weight is 206 g/mol. The van der Waals surface area contributed by atoms with E-state index >= 15 is 0 Å². The normalized spacial score (nSPS) is 10.9. The first-order chi connectivity index (χ1) is 5.29. The second-order valence-corrected chi connectivity index (χ2v) is 3.02. The van der Waals surface area contributed by atoms with Crippen LogP contribution >= 0.6 is 23.7 Å². The smallest absolute Gasteiger partial charge is 0.207 e. The first-order valence-electron chi connectivity index (χ1n) is 3.29. The largest absolute Gasteiger partial charge is 0.320 e. The number of hydrogen-bond acceptors (Lipinski definition) is 3. The van der Waals surface area contributed by atoms with Gasteiger partial charge >= 0.3 is 0 Å². The molecule has 0 aliphatic heterocycles. The number of aromatic nitrogens is 1. The van der Waals surface area contributed by atoms with Crippen LogP contribution in [0.1, 0.15) is 5.69 Å². The van der Waals surface area contributed by atoms with Gasteiger partial charge in [-0.3, -0.25) is 0 Å². The molecule has 1 rings (SSSR count). The Bertz CT molecular complexity index is 313. The van der Waals surface area contributed by atoms with E-state index < -0.39 is 0 Å². The summed E-state index contributed by atoms with van der Waals surface area (Å²) >= 11 is 1.54. The number of rotatable bonds is 2. The molecule has 0 radical (unpaired) electrons. The first kappa shape index (κ1) is 11.3. The van der Waals surface area contributed by atoms with E-state index in [1.165, 1.54) is 17.0 Å². The van der Waals surface area contributed by atoms with Crippen LogP contribution in [0.25, 0.3) is 0 Å². The van der Waals surface area contributed by atoms with E-state index in [0.29, 0.717) is 0 Å². The third kappa shape index (κ3) is 2.12. The van der Waals surface area contributed by atoms with E-state index in [-0.39, 0.29) is 12.4 Å². The second kappa shape index (κ2) is 5.00. The van der Waals surface area contributed by atoms with Gasteiger partial charge in [-0.2, -0.15) is 5.10 Å². The minimum atomic E-state index is 0. The summed E-state index contributed by atoms with van der Waals surface area (Å²) in [6.07, 6.45) is 1.83. The summed E-state index contributed by atoms with van der Waals surface area (Å²) in [7, 11) is 0.